The average molecular weight is 419 g/mol. The number of likely N-dealkylation sites (tertiary alicyclic amines) is 1. The van der Waals surface area contributed by atoms with Crippen LogP contribution in [-0.4, -0.2) is 51.4 Å². The lowest BCUT2D eigenvalue weighted by Crippen LogP contribution is -3.11. The van der Waals surface area contributed by atoms with Crippen molar-refractivity contribution in [3.05, 3.63) is 54.0 Å². The molecule has 1 aromatic heterocycles. The van der Waals surface area contributed by atoms with Gasteiger partial charge in [0.15, 0.2) is 11.8 Å². The lowest BCUT2D eigenvalue weighted by molar-refractivity contribution is -0.919. The third kappa shape index (κ3) is 4.39. The third-order valence-electron chi connectivity index (χ3n) is 5.91. The first kappa shape index (κ1) is 20.1. The van der Waals surface area contributed by atoms with Gasteiger partial charge in [-0.3, -0.25) is 4.79 Å². The molecule has 2 saturated heterocycles. The van der Waals surface area contributed by atoms with E-state index in [1.807, 2.05) is 12.1 Å². The molecule has 0 unspecified atom stereocenters. The quantitative estimate of drug-likeness (QED) is 0.708. The van der Waals surface area contributed by atoms with Gasteiger partial charge in [0.05, 0.1) is 30.8 Å². The number of nitrogens with one attached hydrogen (secondary N) is 2. The van der Waals surface area contributed by atoms with Gasteiger partial charge >= 0.3 is 0 Å². The zero-order valence-corrected chi connectivity index (χ0v) is 17.3. The molecule has 0 radical (unpaired) electrons. The number of sulfonamides is 1. The Morgan fingerprint density at radius 1 is 1.07 bits per heavy atom. The summed E-state index contributed by atoms with van der Waals surface area (Å²) in [6, 6.07) is 10.1. The summed E-state index contributed by atoms with van der Waals surface area (Å²) in [4.78, 5) is 14.3. The zero-order valence-electron chi connectivity index (χ0n) is 16.5. The summed E-state index contributed by atoms with van der Waals surface area (Å²) in [5, 5.41) is 3.00. The summed E-state index contributed by atoms with van der Waals surface area (Å²) >= 11 is 0. The smallest absolute Gasteiger partial charge is 0.251 e. The SMILES string of the molecule is O=C(NC[C@H](c1ccco1)[NH+]1CCCC1)c1ccc(S(=O)(=O)N2CCCC2)cc1. The first-order chi connectivity index (χ1) is 14.1. The second kappa shape index (κ2) is 8.69. The first-order valence-corrected chi connectivity index (χ1v) is 11.8. The minimum Gasteiger partial charge on any atom is -0.463 e. The van der Waals surface area contributed by atoms with Crippen LogP contribution in [0.3, 0.4) is 0 Å². The number of hydrogen-bond donors (Lipinski definition) is 2. The molecule has 2 aromatic rings. The van der Waals surface area contributed by atoms with Gasteiger partial charge in [-0.05, 0) is 49.2 Å². The van der Waals surface area contributed by atoms with Crippen LogP contribution in [0.1, 0.15) is 47.8 Å². The van der Waals surface area contributed by atoms with Crippen molar-refractivity contribution >= 4 is 15.9 Å². The Morgan fingerprint density at radius 3 is 2.38 bits per heavy atom. The zero-order chi connectivity index (χ0) is 20.3. The fourth-order valence-corrected chi connectivity index (χ4v) is 5.78. The van der Waals surface area contributed by atoms with Gasteiger partial charge in [0.1, 0.15) is 0 Å². The Bertz CT molecular complexity index is 913. The van der Waals surface area contributed by atoms with E-state index in [1.165, 1.54) is 34.2 Å². The van der Waals surface area contributed by atoms with Crippen molar-refractivity contribution in [2.24, 2.45) is 0 Å². The van der Waals surface area contributed by atoms with E-state index in [0.29, 0.717) is 25.2 Å². The predicted octanol–water partition coefficient (Wildman–Crippen LogP) is 1.21. The van der Waals surface area contributed by atoms with Gasteiger partial charge in [-0.15, -0.1) is 0 Å². The number of amides is 1. The van der Waals surface area contributed by atoms with Crippen LogP contribution in [0.15, 0.2) is 52.0 Å². The van der Waals surface area contributed by atoms with Crippen molar-refractivity contribution in [2.45, 2.75) is 36.6 Å². The van der Waals surface area contributed by atoms with Gasteiger partial charge in [-0.1, -0.05) is 0 Å². The standard InChI is InChI=1S/C21H27N3O4S/c25-21(22-16-19(20-6-5-15-28-20)23-11-1-2-12-23)17-7-9-18(10-8-17)29(26,27)24-13-3-4-14-24/h5-10,15,19H,1-4,11-14,16H2,(H,22,25)/p+1/t19-/m1/s1. The molecule has 1 atom stereocenters. The molecular weight excluding hydrogens is 390 g/mol. The predicted molar refractivity (Wildman–Crippen MR) is 108 cm³/mol. The van der Waals surface area contributed by atoms with Crippen LogP contribution in [0.5, 0.6) is 0 Å². The molecule has 2 fully saturated rings. The molecule has 0 bridgehead atoms. The number of rotatable bonds is 7. The number of hydrogen-bond acceptors (Lipinski definition) is 4. The average Bonchev–Trinajstić information content (AvgIpc) is 3.52. The molecular formula is C21H28N3O4S+. The van der Waals surface area contributed by atoms with Crippen LogP contribution in [0.4, 0.5) is 0 Å². The molecule has 7 nitrogen and oxygen atoms in total. The van der Waals surface area contributed by atoms with Crippen LogP contribution in [0, 0.1) is 0 Å². The monoisotopic (exact) mass is 418 g/mol. The minimum atomic E-state index is -3.46. The van der Waals surface area contributed by atoms with Crippen molar-refractivity contribution in [1.82, 2.24) is 9.62 Å². The number of benzene rings is 1. The molecule has 156 valence electrons. The molecule has 3 heterocycles. The maximum absolute atomic E-state index is 12.6. The van der Waals surface area contributed by atoms with Crippen molar-refractivity contribution in [2.75, 3.05) is 32.7 Å². The van der Waals surface area contributed by atoms with Crippen LogP contribution in [0.2, 0.25) is 0 Å². The third-order valence-corrected chi connectivity index (χ3v) is 7.82. The molecule has 0 aliphatic carbocycles. The highest BCUT2D eigenvalue weighted by Gasteiger charge is 2.30. The van der Waals surface area contributed by atoms with Crippen LogP contribution >= 0.6 is 0 Å². The molecule has 1 aromatic carbocycles. The van der Waals surface area contributed by atoms with Crippen molar-refractivity contribution in [1.29, 1.82) is 0 Å². The lowest BCUT2D eigenvalue weighted by Gasteiger charge is -2.23. The number of nitrogens with zero attached hydrogens (tertiary/aromatic N) is 1. The van der Waals surface area contributed by atoms with E-state index in [9.17, 15) is 13.2 Å². The number of quaternary nitrogens is 1. The second-order valence-corrected chi connectivity index (χ2v) is 9.72. The fraction of sp³-hybridized carbons (Fsp3) is 0.476. The number of furan rings is 1. The Balaban J connectivity index is 1.41. The van der Waals surface area contributed by atoms with Gasteiger partial charge in [0, 0.05) is 31.5 Å². The second-order valence-electron chi connectivity index (χ2n) is 7.78. The molecule has 0 saturated carbocycles. The Kier molecular flexibility index (Phi) is 6.03. The highest BCUT2D eigenvalue weighted by molar-refractivity contribution is 7.89. The molecule has 8 heteroatoms. The van der Waals surface area contributed by atoms with E-state index < -0.39 is 10.0 Å². The summed E-state index contributed by atoms with van der Waals surface area (Å²) in [6.45, 7) is 3.76. The Hall–Kier alpha value is -2.16. The van der Waals surface area contributed by atoms with E-state index >= 15 is 0 Å². The topological polar surface area (TPSA) is 84.1 Å². The van der Waals surface area contributed by atoms with Gasteiger partial charge in [-0.25, -0.2) is 8.42 Å². The van der Waals surface area contributed by atoms with E-state index in [2.05, 4.69) is 5.32 Å². The van der Waals surface area contributed by atoms with E-state index in [4.69, 9.17) is 4.42 Å². The van der Waals surface area contributed by atoms with E-state index in [0.717, 1.165) is 31.7 Å². The van der Waals surface area contributed by atoms with Gasteiger partial charge in [0.25, 0.3) is 5.91 Å². The Labute approximate surface area is 171 Å². The summed E-state index contributed by atoms with van der Waals surface area (Å²) < 4.78 is 32.4. The van der Waals surface area contributed by atoms with Gasteiger partial charge < -0.3 is 14.6 Å². The maximum Gasteiger partial charge on any atom is 0.251 e. The molecule has 29 heavy (non-hydrogen) atoms. The normalized spacial score (nSPS) is 19.4. The molecule has 2 aliphatic heterocycles. The minimum absolute atomic E-state index is 0.0891. The van der Waals surface area contributed by atoms with Crippen molar-refractivity contribution in [3.63, 3.8) is 0 Å². The summed E-state index contributed by atoms with van der Waals surface area (Å²) in [5.74, 6) is 0.680. The van der Waals surface area contributed by atoms with Crippen molar-refractivity contribution in [3.8, 4) is 0 Å². The summed E-state index contributed by atoms with van der Waals surface area (Å²) in [7, 11) is -3.46. The summed E-state index contributed by atoms with van der Waals surface area (Å²) in [6.07, 6.45) is 5.84. The lowest BCUT2D eigenvalue weighted by atomic mass is 10.1. The molecule has 4 rings (SSSR count). The van der Waals surface area contributed by atoms with E-state index in [-0.39, 0.29) is 16.8 Å². The van der Waals surface area contributed by atoms with Gasteiger partial charge in [-0.2, -0.15) is 4.31 Å². The fourth-order valence-electron chi connectivity index (χ4n) is 4.27. The maximum atomic E-state index is 12.6. The number of carbonyl (C=O) groups excluding carboxylic acids is 1. The van der Waals surface area contributed by atoms with Crippen LogP contribution in [-0.2, 0) is 10.0 Å². The van der Waals surface area contributed by atoms with Crippen molar-refractivity contribution < 1.29 is 22.5 Å². The molecule has 0 spiro atoms. The highest BCUT2D eigenvalue weighted by Crippen LogP contribution is 2.21. The molecule has 2 N–H and O–H groups in total. The van der Waals surface area contributed by atoms with Crippen LogP contribution < -0.4 is 10.2 Å². The molecule has 1 amide bonds. The first-order valence-electron chi connectivity index (χ1n) is 10.3. The highest BCUT2D eigenvalue weighted by atomic mass is 32.2. The largest absolute Gasteiger partial charge is 0.463 e. The van der Waals surface area contributed by atoms with Gasteiger partial charge in [0.2, 0.25) is 10.0 Å². The Morgan fingerprint density at radius 2 is 1.76 bits per heavy atom. The van der Waals surface area contributed by atoms with E-state index in [1.54, 1.807) is 18.4 Å². The van der Waals surface area contributed by atoms with Crippen LogP contribution in [0.25, 0.3) is 0 Å². The molecule has 2 aliphatic rings. The number of carbonyl (C=O) groups is 1. The summed E-state index contributed by atoms with van der Waals surface area (Å²) in [5.41, 5.74) is 0.458.